The van der Waals surface area contributed by atoms with Crippen LogP contribution in [0.1, 0.15) is 31.0 Å². The molecule has 8 nitrogen and oxygen atoms in total. The molecule has 2 aliphatic rings. The van der Waals surface area contributed by atoms with Crippen LogP contribution < -0.4 is 24.2 Å². The van der Waals surface area contributed by atoms with E-state index in [0.29, 0.717) is 42.8 Å². The van der Waals surface area contributed by atoms with Crippen molar-refractivity contribution in [3.8, 4) is 17.2 Å². The van der Waals surface area contributed by atoms with Crippen molar-refractivity contribution >= 4 is 23.2 Å². The Kier molecular flexibility index (Phi) is 7.79. The van der Waals surface area contributed by atoms with Gasteiger partial charge in [0.05, 0.1) is 30.6 Å². The van der Waals surface area contributed by atoms with E-state index in [-0.39, 0.29) is 5.91 Å². The fourth-order valence-corrected chi connectivity index (χ4v) is 5.50. The molecule has 8 heteroatoms. The Balaban J connectivity index is 1.35. The number of benzene rings is 4. The largest absolute Gasteiger partial charge is 0.494 e. The minimum Gasteiger partial charge on any atom is -0.494 e. The minimum atomic E-state index is -0.973. The maximum atomic E-state index is 14.0. The molecule has 4 aromatic rings. The smallest absolute Gasteiger partial charge is 0.266 e. The molecule has 42 heavy (non-hydrogen) atoms. The molecule has 0 saturated carbocycles. The first-order chi connectivity index (χ1) is 20.6. The average Bonchev–Trinajstić information content (AvgIpc) is 3.53. The number of anilines is 2. The van der Waals surface area contributed by atoms with Crippen molar-refractivity contribution < 1.29 is 28.6 Å². The van der Waals surface area contributed by atoms with Crippen LogP contribution in [0.4, 0.5) is 11.4 Å². The number of ether oxygens (including phenoxy) is 3. The zero-order valence-corrected chi connectivity index (χ0v) is 23.5. The molecule has 0 bridgehead atoms. The number of nitrogens with zero attached hydrogens (tertiary/aromatic N) is 2. The van der Waals surface area contributed by atoms with Gasteiger partial charge in [0.25, 0.3) is 5.91 Å². The van der Waals surface area contributed by atoms with E-state index in [1.807, 2.05) is 92.7 Å². The molecular formula is C34H32N2O6. The molecule has 0 spiro atoms. The number of rotatable bonds is 10. The van der Waals surface area contributed by atoms with Crippen LogP contribution in [-0.4, -0.2) is 31.1 Å². The summed E-state index contributed by atoms with van der Waals surface area (Å²) in [5.74, 6) is 0.335. The SMILES string of the molecule is CCOc1ccc(N2C(=O)[C@H]3[C@@H](c4ccc(OCc5ccccc5)c(OCC)c4)N(c4ccccc4)O[C@H]3C2=O)cc1. The van der Waals surface area contributed by atoms with Gasteiger partial charge in [-0.3, -0.25) is 14.4 Å². The van der Waals surface area contributed by atoms with Crippen molar-refractivity contribution in [1.29, 1.82) is 0 Å². The summed E-state index contributed by atoms with van der Waals surface area (Å²) in [5.41, 5.74) is 3.04. The van der Waals surface area contributed by atoms with Crippen molar-refractivity contribution in [2.24, 2.45) is 5.92 Å². The first-order valence-electron chi connectivity index (χ1n) is 14.1. The number of para-hydroxylation sites is 1. The number of hydrogen-bond donors (Lipinski definition) is 0. The van der Waals surface area contributed by atoms with E-state index in [1.165, 1.54) is 4.90 Å². The van der Waals surface area contributed by atoms with Crippen molar-refractivity contribution in [3.63, 3.8) is 0 Å². The monoisotopic (exact) mass is 564 g/mol. The summed E-state index contributed by atoms with van der Waals surface area (Å²) >= 11 is 0. The molecule has 0 radical (unpaired) electrons. The Hall–Kier alpha value is -4.82. The zero-order chi connectivity index (χ0) is 29.1. The maximum absolute atomic E-state index is 14.0. The Labute approximate surface area is 244 Å². The third-order valence-electron chi connectivity index (χ3n) is 7.38. The maximum Gasteiger partial charge on any atom is 0.266 e. The summed E-state index contributed by atoms with van der Waals surface area (Å²) in [6.45, 7) is 5.15. The van der Waals surface area contributed by atoms with Crippen LogP contribution >= 0.6 is 0 Å². The van der Waals surface area contributed by atoms with Crippen LogP contribution in [0.15, 0.2) is 103 Å². The number of hydroxylamine groups is 1. The number of imide groups is 1. The van der Waals surface area contributed by atoms with Gasteiger partial charge in [0.2, 0.25) is 5.91 Å². The second kappa shape index (κ2) is 12.0. The van der Waals surface area contributed by atoms with Gasteiger partial charge in [0.1, 0.15) is 18.3 Å². The molecule has 6 rings (SSSR count). The van der Waals surface area contributed by atoms with Crippen LogP contribution in [0.3, 0.4) is 0 Å². The van der Waals surface area contributed by atoms with Crippen molar-refractivity contribution in [2.45, 2.75) is 32.6 Å². The molecule has 0 unspecified atom stereocenters. The van der Waals surface area contributed by atoms with E-state index in [4.69, 9.17) is 19.0 Å². The standard InChI is InChI=1S/C34H32N2O6/c1-3-39-27-18-16-25(17-19-27)35-33(37)30-31(36(42-32(30)34(35)38)26-13-9-6-10-14-26)24-15-20-28(29(21-24)40-4-2)41-22-23-11-7-5-8-12-23/h5-21,30-32H,3-4,22H2,1-2H3/t30-,31+,32+/m0/s1. The molecule has 4 aromatic carbocycles. The summed E-state index contributed by atoms with van der Waals surface area (Å²) < 4.78 is 17.6. The van der Waals surface area contributed by atoms with Crippen molar-refractivity contribution in [2.75, 3.05) is 23.2 Å². The highest BCUT2D eigenvalue weighted by Crippen LogP contribution is 2.49. The third kappa shape index (κ3) is 5.17. The predicted molar refractivity (Wildman–Crippen MR) is 159 cm³/mol. The molecule has 0 N–H and O–H groups in total. The van der Waals surface area contributed by atoms with Gasteiger partial charge in [-0.1, -0.05) is 54.6 Å². The lowest BCUT2D eigenvalue weighted by Gasteiger charge is -2.29. The van der Waals surface area contributed by atoms with Crippen LogP contribution in [0.2, 0.25) is 0 Å². The average molecular weight is 565 g/mol. The van der Waals surface area contributed by atoms with Crippen molar-refractivity contribution in [1.82, 2.24) is 0 Å². The Morgan fingerprint density at radius 1 is 0.690 bits per heavy atom. The lowest BCUT2D eigenvalue weighted by molar-refractivity contribution is -0.126. The predicted octanol–water partition coefficient (Wildman–Crippen LogP) is 6.11. The quantitative estimate of drug-likeness (QED) is 0.215. The molecule has 214 valence electrons. The Morgan fingerprint density at radius 3 is 2.07 bits per heavy atom. The Morgan fingerprint density at radius 2 is 1.38 bits per heavy atom. The third-order valence-corrected chi connectivity index (χ3v) is 7.38. The number of hydrogen-bond acceptors (Lipinski definition) is 7. The fraction of sp³-hybridized carbons (Fsp3) is 0.235. The van der Waals surface area contributed by atoms with Gasteiger partial charge in [0, 0.05) is 0 Å². The first-order valence-corrected chi connectivity index (χ1v) is 14.1. The molecule has 2 amide bonds. The van der Waals surface area contributed by atoms with Crippen LogP contribution in [0.25, 0.3) is 0 Å². The van der Waals surface area contributed by atoms with Gasteiger partial charge in [-0.2, -0.15) is 0 Å². The minimum absolute atomic E-state index is 0.319. The van der Waals surface area contributed by atoms with E-state index in [1.54, 1.807) is 29.3 Å². The van der Waals surface area contributed by atoms with Gasteiger partial charge in [-0.25, -0.2) is 9.96 Å². The normalized spacial score (nSPS) is 19.6. The second-order valence-electron chi connectivity index (χ2n) is 10.0. The van der Waals surface area contributed by atoms with E-state index < -0.39 is 24.0 Å². The number of fused-ring (bicyclic) bond motifs is 1. The highest BCUT2D eigenvalue weighted by Gasteiger charge is 2.60. The summed E-state index contributed by atoms with van der Waals surface area (Å²) in [6, 6.07) is 31.4. The highest BCUT2D eigenvalue weighted by molar-refractivity contribution is 6.24. The zero-order valence-electron chi connectivity index (χ0n) is 23.5. The van der Waals surface area contributed by atoms with Crippen LogP contribution in [0, 0.1) is 5.92 Å². The molecule has 2 heterocycles. The van der Waals surface area contributed by atoms with E-state index in [2.05, 4.69) is 0 Å². The number of carbonyl (C=O) groups excluding carboxylic acids is 2. The van der Waals surface area contributed by atoms with Crippen molar-refractivity contribution in [3.05, 3.63) is 114 Å². The first kappa shape index (κ1) is 27.4. The number of carbonyl (C=O) groups is 2. The van der Waals surface area contributed by atoms with Crippen LogP contribution in [-0.2, 0) is 21.0 Å². The highest BCUT2D eigenvalue weighted by atomic mass is 16.7. The fourth-order valence-electron chi connectivity index (χ4n) is 5.50. The summed E-state index contributed by atoms with van der Waals surface area (Å²) in [4.78, 5) is 35.2. The van der Waals surface area contributed by atoms with Crippen LogP contribution in [0.5, 0.6) is 17.2 Å². The van der Waals surface area contributed by atoms with Gasteiger partial charge < -0.3 is 14.2 Å². The van der Waals surface area contributed by atoms with Gasteiger partial charge in [-0.15, -0.1) is 0 Å². The molecule has 2 fully saturated rings. The Bertz CT molecular complexity index is 1540. The summed E-state index contributed by atoms with van der Waals surface area (Å²) in [7, 11) is 0. The van der Waals surface area contributed by atoms with E-state index >= 15 is 0 Å². The molecule has 2 saturated heterocycles. The molecular weight excluding hydrogens is 532 g/mol. The lowest BCUT2D eigenvalue weighted by atomic mass is 9.90. The summed E-state index contributed by atoms with van der Waals surface area (Å²) in [6.07, 6.45) is -0.973. The molecule has 0 aliphatic carbocycles. The lowest BCUT2D eigenvalue weighted by Crippen LogP contribution is -2.37. The molecule has 2 aliphatic heterocycles. The second-order valence-corrected chi connectivity index (χ2v) is 10.0. The van der Waals surface area contributed by atoms with E-state index in [0.717, 1.165) is 16.8 Å². The molecule has 3 atom stereocenters. The number of amides is 2. The van der Waals surface area contributed by atoms with E-state index in [9.17, 15) is 9.59 Å². The summed E-state index contributed by atoms with van der Waals surface area (Å²) in [5, 5.41) is 1.68. The topological polar surface area (TPSA) is 77.5 Å². The molecule has 0 aromatic heterocycles. The van der Waals surface area contributed by atoms with Gasteiger partial charge in [-0.05, 0) is 73.5 Å². The van der Waals surface area contributed by atoms with Gasteiger partial charge >= 0.3 is 0 Å². The van der Waals surface area contributed by atoms with Gasteiger partial charge in [0.15, 0.2) is 17.6 Å².